The molecule has 3 heterocycles. The van der Waals surface area contributed by atoms with Gasteiger partial charge in [-0.05, 0) is 50.7 Å². The van der Waals surface area contributed by atoms with Crippen LogP contribution in [-0.4, -0.2) is 80.5 Å². The normalized spacial score (nSPS) is 16.7. The van der Waals surface area contributed by atoms with Crippen LogP contribution in [0.3, 0.4) is 0 Å². The summed E-state index contributed by atoms with van der Waals surface area (Å²) in [4.78, 5) is 31.1. The van der Waals surface area contributed by atoms with E-state index in [-0.39, 0.29) is 5.91 Å². The van der Waals surface area contributed by atoms with E-state index in [0.29, 0.717) is 18.0 Å². The van der Waals surface area contributed by atoms with E-state index in [1.807, 2.05) is 37.7 Å². The van der Waals surface area contributed by atoms with Gasteiger partial charge in [-0.2, -0.15) is 0 Å². The van der Waals surface area contributed by atoms with Crippen molar-refractivity contribution in [2.45, 2.75) is 39.5 Å². The molecule has 0 spiro atoms. The van der Waals surface area contributed by atoms with Gasteiger partial charge < -0.3 is 19.4 Å². The van der Waals surface area contributed by atoms with Crippen molar-refractivity contribution in [1.82, 2.24) is 14.8 Å². The SMILES string of the molecule is CCN(CC)C(=O)c1sc2nc(N3CCOCC3)c3c(c2c1N=CN(C)C)CCCC3. The number of hydrogen-bond acceptors (Lipinski definition) is 6. The molecule has 2 aromatic rings. The summed E-state index contributed by atoms with van der Waals surface area (Å²) in [6.07, 6.45) is 6.21. The fraction of sp³-hybridized carbons (Fsp3) is 0.609. The summed E-state index contributed by atoms with van der Waals surface area (Å²) >= 11 is 1.50. The molecule has 31 heavy (non-hydrogen) atoms. The predicted molar refractivity (Wildman–Crippen MR) is 128 cm³/mol. The number of aromatic nitrogens is 1. The number of morpholine rings is 1. The molecule has 1 aliphatic heterocycles. The Hall–Kier alpha value is -2.19. The summed E-state index contributed by atoms with van der Waals surface area (Å²) in [6.45, 7) is 8.63. The number of amides is 1. The highest BCUT2D eigenvalue weighted by Gasteiger charge is 2.29. The number of hydrogen-bond donors (Lipinski definition) is 0. The zero-order valence-corrected chi connectivity index (χ0v) is 19.9. The molecule has 1 fully saturated rings. The number of carbonyl (C=O) groups excluding carboxylic acids is 1. The third-order valence-electron chi connectivity index (χ3n) is 6.08. The Bertz CT molecular complexity index is 974. The quantitative estimate of drug-likeness (QED) is 0.503. The molecule has 2 aromatic heterocycles. The number of carbonyl (C=O) groups is 1. The molecule has 1 saturated heterocycles. The number of aliphatic imine (C=N–C) groups is 1. The maximum atomic E-state index is 13.4. The summed E-state index contributed by atoms with van der Waals surface area (Å²) in [6, 6.07) is 0. The van der Waals surface area contributed by atoms with E-state index in [1.165, 1.54) is 35.3 Å². The zero-order valence-electron chi connectivity index (χ0n) is 19.1. The van der Waals surface area contributed by atoms with Crippen molar-refractivity contribution in [2.24, 2.45) is 4.99 Å². The van der Waals surface area contributed by atoms with Gasteiger partial charge in [-0.3, -0.25) is 4.79 Å². The minimum absolute atomic E-state index is 0.0522. The summed E-state index contributed by atoms with van der Waals surface area (Å²) in [5.41, 5.74) is 3.49. The molecule has 0 unspecified atom stereocenters. The Kier molecular flexibility index (Phi) is 6.77. The van der Waals surface area contributed by atoms with Crippen LogP contribution in [0.2, 0.25) is 0 Å². The number of rotatable bonds is 6. The van der Waals surface area contributed by atoms with Crippen LogP contribution < -0.4 is 4.90 Å². The Morgan fingerprint density at radius 3 is 2.48 bits per heavy atom. The first kappa shape index (κ1) is 22.0. The highest BCUT2D eigenvalue weighted by atomic mass is 32.1. The molecule has 0 bridgehead atoms. The summed E-state index contributed by atoms with van der Waals surface area (Å²) < 4.78 is 5.57. The molecular formula is C23H33N5O2S. The van der Waals surface area contributed by atoms with E-state index in [0.717, 1.165) is 60.9 Å². The second-order valence-electron chi connectivity index (χ2n) is 8.34. The minimum atomic E-state index is 0.0522. The first-order chi connectivity index (χ1) is 15.0. The standard InChI is InChI=1S/C23H33N5O2S/c1-5-27(6-2)23(29)20-19(24-15-26(3)4)18-16-9-7-8-10-17(16)21(25-22(18)31-20)28-11-13-30-14-12-28/h15H,5-14H2,1-4H3. The Morgan fingerprint density at radius 2 is 1.84 bits per heavy atom. The molecule has 0 saturated carbocycles. The van der Waals surface area contributed by atoms with E-state index in [9.17, 15) is 4.79 Å². The van der Waals surface area contributed by atoms with Crippen LogP contribution in [0.15, 0.2) is 4.99 Å². The molecule has 8 heteroatoms. The molecule has 0 radical (unpaired) electrons. The van der Waals surface area contributed by atoms with Crippen molar-refractivity contribution in [3.63, 3.8) is 0 Å². The van der Waals surface area contributed by atoms with Gasteiger partial charge in [-0.15, -0.1) is 11.3 Å². The second kappa shape index (κ2) is 9.53. The highest BCUT2D eigenvalue weighted by molar-refractivity contribution is 7.21. The number of anilines is 1. The highest BCUT2D eigenvalue weighted by Crippen LogP contribution is 2.45. The number of fused-ring (bicyclic) bond motifs is 3. The average Bonchev–Trinajstić information content (AvgIpc) is 3.17. The third kappa shape index (κ3) is 4.28. The molecule has 1 aliphatic carbocycles. The van der Waals surface area contributed by atoms with Gasteiger partial charge in [0.2, 0.25) is 0 Å². The van der Waals surface area contributed by atoms with Crippen molar-refractivity contribution in [1.29, 1.82) is 0 Å². The topological polar surface area (TPSA) is 61.3 Å². The lowest BCUT2D eigenvalue weighted by Crippen LogP contribution is -2.37. The van der Waals surface area contributed by atoms with Crippen molar-refractivity contribution in [2.75, 3.05) is 58.4 Å². The minimum Gasteiger partial charge on any atom is -0.378 e. The van der Waals surface area contributed by atoms with E-state index < -0.39 is 0 Å². The van der Waals surface area contributed by atoms with Crippen molar-refractivity contribution in [3.8, 4) is 0 Å². The molecule has 4 rings (SSSR count). The fourth-order valence-corrected chi connectivity index (χ4v) is 5.60. The van der Waals surface area contributed by atoms with Crippen LogP contribution in [0.25, 0.3) is 10.2 Å². The van der Waals surface area contributed by atoms with Crippen LogP contribution >= 0.6 is 11.3 Å². The van der Waals surface area contributed by atoms with Crippen molar-refractivity contribution >= 4 is 45.3 Å². The van der Waals surface area contributed by atoms with Crippen LogP contribution in [0.5, 0.6) is 0 Å². The van der Waals surface area contributed by atoms with Crippen LogP contribution in [-0.2, 0) is 17.6 Å². The molecule has 0 N–H and O–H groups in total. The lowest BCUT2D eigenvalue weighted by molar-refractivity contribution is 0.0778. The lowest BCUT2D eigenvalue weighted by Gasteiger charge is -2.31. The molecule has 0 aromatic carbocycles. The van der Waals surface area contributed by atoms with Gasteiger partial charge in [0.1, 0.15) is 15.5 Å². The Labute approximate surface area is 188 Å². The van der Waals surface area contributed by atoms with Gasteiger partial charge >= 0.3 is 0 Å². The molecule has 2 aliphatic rings. The van der Waals surface area contributed by atoms with E-state index in [1.54, 1.807) is 6.34 Å². The monoisotopic (exact) mass is 443 g/mol. The predicted octanol–water partition coefficient (Wildman–Crippen LogP) is 3.72. The van der Waals surface area contributed by atoms with Gasteiger partial charge in [0.05, 0.1) is 25.2 Å². The van der Waals surface area contributed by atoms with Crippen LogP contribution in [0.1, 0.15) is 47.5 Å². The van der Waals surface area contributed by atoms with Crippen molar-refractivity contribution < 1.29 is 9.53 Å². The molecular weight excluding hydrogens is 410 g/mol. The van der Waals surface area contributed by atoms with Gasteiger partial charge in [-0.1, -0.05) is 0 Å². The molecule has 7 nitrogen and oxygen atoms in total. The maximum Gasteiger partial charge on any atom is 0.266 e. The molecule has 168 valence electrons. The summed E-state index contributed by atoms with van der Waals surface area (Å²) in [7, 11) is 3.91. The van der Waals surface area contributed by atoms with Crippen molar-refractivity contribution in [3.05, 3.63) is 16.0 Å². The summed E-state index contributed by atoms with van der Waals surface area (Å²) in [5, 5.41) is 1.09. The second-order valence-corrected chi connectivity index (χ2v) is 9.34. The van der Waals surface area contributed by atoms with Crippen LogP contribution in [0.4, 0.5) is 11.5 Å². The number of pyridine rings is 1. The number of nitrogens with zero attached hydrogens (tertiary/aromatic N) is 5. The van der Waals surface area contributed by atoms with E-state index in [4.69, 9.17) is 14.7 Å². The number of aryl methyl sites for hydroxylation is 1. The van der Waals surface area contributed by atoms with Gasteiger partial charge in [-0.25, -0.2) is 9.98 Å². The van der Waals surface area contributed by atoms with E-state index >= 15 is 0 Å². The van der Waals surface area contributed by atoms with Gasteiger partial charge in [0, 0.05) is 45.7 Å². The molecule has 1 amide bonds. The number of ether oxygens (including phenoxy) is 1. The average molecular weight is 444 g/mol. The number of thiophene rings is 1. The maximum absolute atomic E-state index is 13.4. The molecule has 0 atom stereocenters. The largest absolute Gasteiger partial charge is 0.378 e. The first-order valence-corrected chi connectivity index (χ1v) is 12.2. The van der Waals surface area contributed by atoms with Gasteiger partial charge in [0.25, 0.3) is 5.91 Å². The van der Waals surface area contributed by atoms with Gasteiger partial charge in [0.15, 0.2) is 0 Å². The Balaban J connectivity index is 1.94. The summed E-state index contributed by atoms with van der Waals surface area (Å²) in [5.74, 6) is 1.15. The smallest absolute Gasteiger partial charge is 0.266 e. The fourth-order valence-electron chi connectivity index (χ4n) is 4.49. The zero-order chi connectivity index (χ0) is 22.0. The third-order valence-corrected chi connectivity index (χ3v) is 7.15. The first-order valence-electron chi connectivity index (χ1n) is 11.4. The van der Waals surface area contributed by atoms with Crippen LogP contribution in [0, 0.1) is 0 Å². The van der Waals surface area contributed by atoms with E-state index in [2.05, 4.69) is 4.90 Å². The lowest BCUT2D eigenvalue weighted by atomic mass is 9.89. The Morgan fingerprint density at radius 1 is 1.16 bits per heavy atom.